The van der Waals surface area contributed by atoms with Gasteiger partial charge in [-0.1, -0.05) is 31.5 Å². The van der Waals surface area contributed by atoms with Crippen molar-refractivity contribution in [3.63, 3.8) is 0 Å². The third-order valence-corrected chi connectivity index (χ3v) is 5.68. The summed E-state index contributed by atoms with van der Waals surface area (Å²) in [5.41, 5.74) is 1.65. The van der Waals surface area contributed by atoms with Crippen LogP contribution in [-0.4, -0.2) is 45.2 Å². The number of ether oxygens (including phenoxy) is 1. The van der Waals surface area contributed by atoms with E-state index in [-0.39, 0.29) is 0 Å². The minimum atomic E-state index is 0.364. The highest BCUT2D eigenvalue weighted by Gasteiger charge is 2.07. The van der Waals surface area contributed by atoms with Crippen molar-refractivity contribution in [1.82, 2.24) is 19.9 Å². The summed E-state index contributed by atoms with van der Waals surface area (Å²) in [6.45, 7) is 7.90. The lowest BCUT2D eigenvalue weighted by atomic mass is 10.3. The molecule has 158 valence electrons. The third-order valence-electron chi connectivity index (χ3n) is 4.47. The number of halogens is 1. The van der Waals surface area contributed by atoms with Gasteiger partial charge in [-0.25, -0.2) is 9.97 Å². The van der Waals surface area contributed by atoms with E-state index in [0.29, 0.717) is 23.3 Å². The lowest BCUT2D eigenvalue weighted by Crippen LogP contribution is -2.25. The molecule has 6 nitrogen and oxygen atoms in total. The predicted octanol–water partition coefficient (Wildman–Crippen LogP) is 5.28. The Morgan fingerprint density at radius 3 is 2.67 bits per heavy atom. The number of anilines is 2. The average Bonchev–Trinajstić information content (AvgIpc) is 2.77. The molecular formula is C22H26ClN5OS. The summed E-state index contributed by atoms with van der Waals surface area (Å²) in [5.74, 6) is 2.14. The van der Waals surface area contributed by atoms with E-state index in [9.17, 15) is 0 Å². The Hall–Kier alpha value is -2.35. The number of rotatable bonds is 11. The van der Waals surface area contributed by atoms with Gasteiger partial charge < -0.3 is 15.0 Å². The zero-order valence-corrected chi connectivity index (χ0v) is 18.8. The van der Waals surface area contributed by atoms with Gasteiger partial charge in [0.1, 0.15) is 17.4 Å². The van der Waals surface area contributed by atoms with Gasteiger partial charge >= 0.3 is 0 Å². The van der Waals surface area contributed by atoms with E-state index in [1.165, 1.54) is 0 Å². The summed E-state index contributed by atoms with van der Waals surface area (Å²) in [7, 11) is 0. The summed E-state index contributed by atoms with van der Waals surface area (Å²) in [4.78, 5) is 15.5. The van der Waals surface area contributed by atoms with Crippen LogP contribution in [0.3, 0.4) is 0 Å². The molecule has 3 rings (SSSR count). The lowest BCUT2D eigenvalue weighted by Gasteiger charge is -2.17. The highest BCUT2D eigenvalue weighted by molar-refractivity contribution is 7.99. The molecule has 3 aromatic rings. The molecule has 2 heterocycles. The van der Waals surface area contributed by atoms with Crippen LogP contribution in [0.4, 0.5) is 11.6 Å². The molecule has 0 aliphatic carbocycles. The summed E-state index contributed by atoms with van der Waals surface area (Å²) in [6, 6.07) is 13.2. The quantitative estimate of drug-likeness (QED) is 0.319. The molecule has 0 aliphatic rings. The van der Waals surface area contributed by atoms with Crippen molar-refractivity contribution in [3.8, 4) is 5.75 Å². The molecule has 0 atom stereocenters. The molecule has 30 heavy (non-hydrogen) atoms. The van der Waals surface area contributed by atoms with Gasteiger partial charge in [-0.3, -0.25) is 4.98 Å². The topological polar surface area (TPSA) is 63.2 Å². The Balaban J connectivity index is 1.56. The predicted molar refractivity (Wildman–Crippen MR) is 124 cm³/mol. The summed E-state index contributed by atoms with van der Waals surface area (Å²) in [5, 5.41) is 4.67. The van der Waals surface area contributed by atoms with Crippen molar-refractivity contribution >= 4 is 35.0 Å². The Bertz CT molecular complexity index is 924. The number of thioether (sulfide) groups is 1. The molecule has 0 amide bonds. The van der Waals surface area contributed by atoms with Gasteiger partial charge in [0.15, 0.2) is 0 Å². The van der Waals surface area contributed by atoms with E-state index < -0.39 is 0 Å². The van der Waals surface area contributed by atoms with Crippen molar-refractivity contribution < 1.29 is 4.74 Å². The minimum Gasteiger partial charge on any atom is -0.486 e. The van der Waals surface area contributed by atoms with Gasteiger partial charge in [-0.2, -0.15) is 0 Å². The molecular weight excluding hydrogens is 418 g/mol. The molecule has 0 aliphatic heterocycles. The summed E-state index contributed by atoms with van der Waals surface area (Å²) < 4.78 is 5.77. The zero-order valence-electron chi connectivity index (χ0n) is 17.2. The Morgan fingerprint density at radius 2 is 1.93 bits per heavy atom. The van der Waals surface area contributed by atoms with Gasteiger partial charge in [0, 0.05) is 30.4 Å². The molecule has 0 saturated heterocycles. The SMILES string of the molecule is CCN(CC)CCSc1ccnc(Nc2ccc(OCc3ccccn3)c(Cl)c2)n1. The van der Waals surface area contributed by atoms with Gasteiger partial charge in [-0.05, 0) is 49.5 Å². The van der Waals surface area contributed by atoms with E-state index in [4.69, 9.17) is 16.3 Å². The fourth-order valence-corrected chi connectivity index (χ4v) is 3.86. The fourth-order valence-electron chi connectivity index (χ4n) is 2.76. The minimum absolute atomic E-state index is 0.364. The van der Waals surface area contributed by atoms with Crippen LogP contribution < -0.4 is 10.1 Å². The summed E-state index contributed by atoms with van der Waals surface area (Å²) >= 11 is 8.11. The van der Waals surface area contributed by atoms with Crippen LogP contribution in [-0.2, 0) is 6.61 Å². The number of hydrogen-bond donors (Lipinski definition) is 1. The Labute approximate surface area is 187 Å². The van der Waals surface area contributed by atoms with Crippen molar-refractivity contribution in [2.24, 2.45) is 0 Å². The van der Waals surface area contributed by atoms with Crippen LogP contribution in [0.2, 0.25) is 5.02 Å². The highest BCUT2D eigenvalue weighted by Crippen LogP contribution is 2.29. The molecule has 0 bridgehead atoms. The van der Waals surface area contributed by atoms with Crippen molar-refractivity contribution in [1.29, 1.82) is 0 Å². The van der Waals surface area contributed by atoms with Crippen molar-refractivity contribution in [2.45, 2.75) is 25.5 Å². The van der Waals surface area contributed by atoms with Crippen molar-refractivity contribution in [3.05, 3.63) is 65.6 Å². The maximum atomic E-state index is 6.38. The van der Waals surface area contributed by atoms with E-state index in [0.717, 1.165) is 41.8 Å². The Kier molecular flexibility index (Phi) is 8.74. The van der Waals surface area contributed by atoms with Gasteiger partial charge in [0.05, 0.1) is 10.7 Å². The second kappa shape index (κ2) is 11.7. The van der Waals surface area contributed by atoms with E-state index in [2.05, 4.69) is 39.0 Å². The molecule has 1 aromatic carbocycles. The third kappa shape index (κ3) is 6.86. The molecule has 1 N–H and O–H groups in total. The monoisotopic (exact) mass is 443 g/mol. The maximum absolute atomic E-state index is 6.38. The van der Waals surface area contributed by atoms with Gasteiger partial charge in [0.2, 0.25) is 5.95 Å². The lowest BCUT2D eigenvalue weighted by molar-refractivity contribution is 0.301. The van der Waals surface area contributed by atoms with Crippen LogP contribution in [0.1, 0.15) is 19.5 Å². The highest BCUT2D eigenvalue weighted by atomic mass is 35.5. The molecule has 0 spiro atoms. The largest absolute Gasteiger partial charge is 0.486 e. The molecule has 8 heteroatoms. The standard InChI is InChI=1S/C22H26ClN5OS/c1-3-28(4-2)13-14-30-21-10-12-25-22(27-21)26-17-8-9-20(19(23)15-17)29-16-18-7-5-6-11-24-18/h5-12,15H,3-4,13-14,16H2,1-2H3,(H,25,26,27). The first-order valence-corrected chi connectivity index (χ1v) is 11.3. The second-order valence-electron chi connectivity index (χ2n) is 6.47. The number of aromatic nitrogens is 3. The molecule has 0 radical (unpaired) electrons. The first-order valence-electron chi connectivity index (χ1n) is 9.95. The first kappa shape index (κ1) is 22.3. The number of pyridine rings is 1. The van der Waals surface area contributed by atoms with E-state index in [1.807, 2.05) is 36.4 Å². The summed E-state index contributed by atoms with van der Waals surface area (Å²) in [6.07, 6.45) is 3.50. The van der Waals surface area contributed by atoms with Crippen LogP contribution in [0.15, 0.2) is 59.9 Å². The van der Waals surface area contributed by atoms with Crippen LogP contribution in [0.25, 0.3) is 0 Å². The normalized spacial score (nSPS) is 10.9. The number of nitrogens with zero attached hydrogens (tertiary/aromatic N) is 4. The molecule has 0 fully saturated rings. The maximum Gasteiger partial charge on any atom is 0.228 e. The zero-order chi connectivity index (χ0) is 21.2. The van der Waals surface area contributed by atoms with E-state index >= 15 is 0 Å². The average molecular weight is 444 g/mol. The molecule has 2 aromatic heterocycles. The van der Waals surface area contributed by atoms with Crippen LogP contribution in [0, 0.1) is 0 Å². The van der Waals surface area contributed by atoms with Gasteiger partial charge in [0.25, 0.3) is 0 Å². The number of benzene rings is 1. The number of hydrogen-bond acceptors (Lipinski definition) is 7. The molecule has 0 unspecified atom stereocenters. The van der Waals surface area contributed by atoms with Crippen LogP contribution in [0.5, 0.6) is 5.75 Å². The smallest absolute Gasteiger partial charge is 0.228 e. The Morgan fingerprint density at radius 1 is 1.07 bits per heavy atom. The fraction of sp³-hybridized carbons (Fsp3) is 0.318. The number of nitrogens with one attached hydrogen (secondary N) is 1. The van der Waals surface area contributed by atoms with E-state index in [1.54, 1.807) is 30.2 Å². The molecule has 0 saturated carbocycles. The van der Waals surface area contributed by atoms with Crippen LogP contribution >= 0.6 is 23.4 Å². The second-order valence-corrected chi connectivity index (χ2v) is 8.00. The first-order chi connectivity index (χ1) is 14.7. The van der Waals surface area contributed by atoms with Crippen molar-refractivity contribution in [2.75, 3.05) is 30.7 Å². The van der Waals surface area contributed by atoms with Gasteiger partial charge in [-0.15, -0.1) is 11.8 Å².